The summed E-state index contributed by atoms with van der Waals surface area (Å²) in [5, 5.41) is 2.95. The molecule has 152 valence electrons. The second kappa shape index (κ2) is 7.01. The summed E-state index contributed by atoms with van der Waals surface area (Å²) in [6.45, 7) is -0.178. The van der Waals surface area contributed by atoms with Gasteiger partial charge in [-0.05, 0) is 68.9 Å². The zero-order valence-electron chi connectivity index (χ0n) is 16.7. The van der Waals surface area contributed by atoms with Crippen molar-refractivity contribution < 1.29 is 14.4 Å². The van der Waals surface area contributed by atoms with E-state index < -0.39 is 11.6 Å². The van der Waals surface area contributed by atoms with Gasteiger partial charge in [0, 0.05) is 11.7 Å². The second-order valence-corrected chi connectivity index (χ2v) is 8.67. The standard InChI is InChI=1S/C23H27N3O3/c27-20(26(18-12-13-18)17-9-2-1-3-10-17)15-25-21(28)23(24-22(25)29)14-6-8-16-7-4-5-11-19(16)23/h4-5,7,9,11,18H,1-3,6,8,10,12-15H2,(H,24,29). The molecule has 1 spiro atoms. The van der Waals surface area contributed by atoms with Crippen LogP contribution in [0, 0.1) is 0 Å². The van der Waals surface area contributed by atoms with Crippen molar-refractivity contribution in [3.63, 3.8) is 0 Å². The molecule has 0 bridgehead atoms. The SMILES string of the molecule is O=C1NC2(CCCc3ccccc32)C(=O)N1CC(=O)N(C1=CCCCC1)C1CC1. The summed E-state index contributed by atoms with van der Waals surface area (Å²) in [4.78, 5) is 42.4. The molecule has 1 saturated carbocycles. The van der Waals surface area contributed by atoms with Crippen LogP contribution in [0.2, 0.25) is 0 Å². The van der Waals surface area contributed by atoms with Gasteiger partial charge in [-0.15, -0.1) is 0 Å². The van der Waals surface area contributed by atoms with Crippen LogP contribution in [0.4, 0.5) is 4.79 Å². The lowest BCUT2D eigenvalue weighted by Crippen LogP contribution is -2.47. The molecule has 1 saturated heterocycles. The highest BCUT2D eigenvalue weighted by atomic mass is 16.2. The Balaban J connectivity index is 1.40. The maximum Gasteiger partial charge on any atom is 0.325 e. The monoisotopic (exact) mass is 393 g/mol. The zero-order valence-corrected chi connectivity index (χ0v) is 16.7. The number of hydrogen-bond acceptors (Lipinski definition) is 3. The molecule has 4 aliphatic rings. The number of urea groups is 1. The number of nitrogens with zero attached hydrogens (tertiary/aromatic N) is 2. The Bertz CT molecular complexity index is 904. The molecule has 0 radical (unpaired) electrons. The van der Waals surface area contributed by atoms with Crippen molar-refractivity contribution in [2.75, 3.05) is 6.54 Å². The Morgan fingerprint density at radius 1 is 1.14 bits per heavy atom. The van der Waals surface area contributed by atoms with Crippen molar-refractivity contribution in [3.8, 4) is 0 Å². The minimum absolute atomic E-state index is 0.134. The second-order valence-electron chi connectivity index (χ2n) is 8.67. The molecule has 5 rings (SSSR count). The quantitative estimate of drug-likeness (QED) is 0.799. The number of hydrogen-bond donors (Lipinski definition) is 1. The Labute approximate surface area is 170 Å². The first-order chi connectivity index (χ1) is 14.1. The molecule has 3 aliphatic carbocycles. The highest BCUT2D eigenvalue weighted by Gasteiger charge is 2.54. The zero-order chi connectivity index (χ0) is 20.0. The summed E-state index contributed by atoms with van der Waals surface area (Å²) in [6, 6.07) is 7.61. The fourth-order valence-electron chi connectivity index (χ4n) is 5.14. The molecular formula is C23H27N3O3. The van der Waals surface area contributed by atoms with Gasteiger partial charge in [-0.1, -0.05) is 30.3 Å². The maximum atomic E-state index is 13.4. The Hall–Kier alpha value is -2.63. The van der Waals surface area contributed by atoms with Gasteiger partial charge in [-0.2, -0.15) is 0 Å². The van der Waals surface area contributed by atoms with E-state index in [9.17, 15) is 14.4 Å². The number of rotatable bonds is 4. The van der Waals surface area contributed by atoms with Crippen LogP contribution in [0.5, 0.6) is 0 Å². The number of nitrogens with one attached hydrogen (secondary N) is 1. The molecule has 1 aliphatic heterocycles. The van der Waals surface area contributed by atoms with Crippen LogP contribution in [-0.2, 0) is 21.5 Å². The largest absolute Gasteiger partial charge is 0.325 e. The van der Waals surface area contributed by atoms with Gasteiger partial charge in [-0.3, -0.25) is 14.5 Å². The number of benzene rings is 1. The highest BCUT2D eigenvalue weighted by Crippen LogP contribution is 2.40. The summed E-state index contributed by atoms with van der Waals surface area (Å²) in [7, 11) is 0. The molecule has 1 aromatic rings. The lowest BCUT2D eigenvalue weighted by molar-refractivity contribution is -0.138. The molecule has 1 unspecified atom stereocenters. The summed E-state index contributed by atoms with van der Waals surface area (Å²) < 4.78 is 0. The van der Waals surface area contributed by atoms with Crippen molar-refractivity contribution in [1.29, 1.82) is 0 Å². The van der Waals surface area contributed by atoms with E-state index in [-0.39, 0.29) is 24.4 Å². The minimum atomic E-state index is -1.01. The van der Waals surface area contributed by atoms with E-state index in [1.54, 1.807) is 0 Å². The molecule has 29 heavy (non-hydrogen) atoms. The third-order valence-corrected chi connectivity index (χ3v) is 6.70. The molecule has 0 aromatic heterocycles. The lowest BCUT2D eigenvalue weighted by atomic mass is 9.76. The van der Waals surface area contributed by atoms with Crippen LogP contribution >= 0.6 is 0 Å². The number of allylic oxidation sites excluding steroid dienone is 2. The smallest absolute Gasteiger partial charge is 0.319 e. The van der Waals surface area contributed by atoms with Crippen LogP contribution in [-0.4, -0.2) is 40.2 Å². The highest BCUT2D eigenvalue weighted by molar-refractivity contribution is 6.09. The van der Waals surface area contributed by atoms with E-state index in [1.807, 2.05) is 29.2 Å². The molecule has 2 fully saturated rings. The molecule has 4 amide bonds. The van der Waals surface area contributed by atoms with Crippen LogP contribution in [0.15, 0.2) is 36.0 Å². The van der Waals surface area contributed by atoms with Gasteiger partial charge in [-0.25, -0.2) is 4.79 Å². The summed E-state index contributed by atoms with van der Waals surface area (Å²) >= 11 is 0. The predicted molar refractivity (Wildman–Crippen MR) is 108 cm³/mol. The van der Waals surface area contributed by atoms with E-state index in [1.165, 1.54) is 0 Å². The molecule has 6 nitrogen and oxygen atoms in total. The Morgan fingerprint density at radius 3 is 2.72 bits per heavy atom. The van der Waals surface area contributed by atoms with Gasteiger partial charge in [0.1, 0.15) is 12.1 Å². The number of aryl methyl sites for hydroxylation is 1. The van der Waals surface area contributed by atoms with Crippen LogP contribution in [0.3, 0.4) is 0 Å². The van der Waals surface area contributed by atoms with Crippen molar-refractivity contribution >= 4 is 17.8 Å². The fraction of sp³-hybridized carbons (Fsp3) is 0.522. The van der Waals surface area contributed by atoms with E-state index >= 15 is 0 Å². The van der Waals surface area contributed by atoms with Gasteiger partial charge in [0.2, 0.25) is 5.91 Å². The topological polar surface area (TPSA) is 69.7 Å². The molecule has 1 atom stereocenters. The van der Waals surface area contributed by atoms with Gasteiger partial charge in [0.05, 0.1) is 0 Å². The fourth-order valence-corrected chi connectivity index (χ4v) is 5.14. The van der Waals surface area contributed by atoms with E-state index in [2.05, 4.69) is 11.4 Å². The summed E-state index contributed by atoms with van der Waals surface area (Å²) in [5.74, 6) is -0.415. The summed E-state index contributed by atoms with van der Waals surface area (Å²) in [6.07, 6.45) is 10.6. The molecule has 1 heterocycles. The van der Waals surface area contributed by atoms with Crippen molar-refractivity contribution in [2.24, 2.45) is 0 Å². The average molecular weight is 393 g/mol. The van der Waals surface area contributed by atoms with Crippen molar-refractivity contribution in [3.05, 3.63) is 47.2 Å². The number of carbonyl (C=O) groups is 3. The predicted octanol–water partition coefficient (Wildman–Crippen LogP) is 3.22. The number of amides is 4. The molecular weight excluding hydrogens is 366 g/mol. The van der Waals surface area contributed by atoms with Crippen LogP contribution in [0.25, 0.3) is 0 Å². The normalized spacial score (nSPS) is 26.2. The number of carbonyl (C=O) groups excluding carboxylic acids is 3. The number of fused-ring (bicyclic) bond motifs is 2. The van der Waals surface area contributed by atoms with Gasteiger partial charge in [0.15, 0.2) is 0 Å². The van der Waals surface area contributed by atoms with Gasteiger partial charge >= 0.3 is 6.03 Å². The Morgan fingerprint density at radius 2 is 1.97 bits per heavy atom. The third-order valence-electron chi connectivity index (χ3n) is 6.70. The van der Waals surface area contributed by atoms with Gasteiger partial charge < -0.3 is 10.2 Å². The molecule has 1 aromatic carbocycles. The Kier molecular flexibility index (Phi) is 4.45. The van der Waals surface area contributed by atoms with Crippen LogP contribution in [0.1, 0.15) is 62.5 Å². The minimum Gasteiger partial charge on any atom is -0.319 e. The molecule has 6 heteroatoms. The first kappa shape index (κ1) is 18.4. The average Bonchev–Trinajstić information content (AvgIpc) is 3.54. The van der Waals surface area contributed by atoms with E-state index in [4.69, 9.17) is 0 Å². The van der Waals surface area contributed by atoms with Crippen molar-refractivity contribution in [2.45, 2.75) is 69.4 Å². The lowest BCUT2D eigenvalue weighted by Gasteiger charge is -2.33. The van der Waals surface area contributed by atoms with Gasteiger partial charge in [0.25, 0.3) is 5.91 Å². The summed E-state index contributed by atoms with van der Waals surface area (Å²) in [5.41, 5.74) is 2.05. The first-order valence-electron chi connectivity index (χ1n) is 10.8. The van der Waals surface area contributed by atoms with E-state index in [0.717, 1.165) is 73.1 Å². The maximum absolute atomic E-state index is 13.4. The molecule has 1 N–H and O–H groups in total. The first-order valence-corrected chi connectivity index (χ1v) is 10.8. The van der Waals surface area contributed by atoms with Crippen LogP contribution < -0.4 is 5.32 Å². The third kappa shape index (κ3) is 3.05. The number of imide groups is 1. The van der Waals surface area contributed by atoms with E-state index in [0.29, 0.717) is 6.42 Å². The van der Waals surface area contributed by atoms with Crippen molar-refractivity contribution in [1.82, 2.24) is 15.1 Å².